The van der Waals surface area contributed by atoms with Gasteiger partial charge in [0.15, 0.2) is 0 Å². The van der Waals surface area contributed by atoms with E-state index in [0.29, 0.717) is 5.36 Å². The minimum absolute atomic E-state index is 0.535. The standard InChI is InChI=1S/C3H3.Co/c1-3-2;/h1H,2H2;. The van der Waals surface area contributed by atoms with Crippen molar-refractivity contribution >= 4 is 0 Å². The third-order valence-corrected chi connectivity index (χ3v) is 0.281. The second-order valence-electron chi connectivity index (χ2n) is 0.322. The van der Waals surface area contributed by atoms with E-state index < -0.39 is 0 Å². The van der Waals surface area contributed by atoms with E-state index in [1.807, 2.05) is 0 Å². The van der Waals surface area contributed by atoms with Crippen LogP contribution in [0.2, 0.25) is 5.36 Å². The van der Waals surface area contributed by atoms with Gasteiger partial charge in [-0.3, -0.25) is 0 Å². The minimum atomic E-state index is 0.535. The quantitative estimate of drug-likeness (QED) is 0.389. The molecule has 0 aliphatic rings. The maximum absolute atomic E-state index is 4.70. The molecule has 1 heteroatoms. The molecule has 0 N–H and O–H groups in total. The summed E-state index contributed by atoms with van der Waals surface area (Å²) in [5, 5.41) is 0.535. The number of terminal acetylenes is 1. The molecule has 0 heterocycles. The van der Waals surface area contributed by atoms with Gasteiger partial charge in [0, 0.05) is 0 Å². The maximum atomic E-state index is 4.70. The van der Waals surface area contributed by atoms with Crippen LogP contribution in [0.25, 0.3) is 0 Å². The van der Waals surface area contributed by atoms with Crippen LogP contribution in [0.3, 0.4) is 0 Å². The second kappa shape index (κ2) is 3.07. The van der Waals surface area contributed by atoms with E-state index in [9.17, 15) is 0 Å². The van der Waals surface area contributed by atoms with Crippen molar-refractivity contribution in [3.8, 4) is 12.3 Å². The Balaban J connectivity index is 2.43. The molecule has 4 heavy (non-hydrogen) atoms. The van der Waals surface area contributed by atoms with Gasteiger partial charge < -0.3 is 0 Å². The molecule has 0 rings (SSSR count). The second-order valence-corrected chi connectivity index (χ2v) is 0.690. The van der Waals surface area contributed by atoms with Gasteiger partial charge in [0.05, 0.1) is 0 Å². The summed E-state index contributed by atoms with van der Waals surface area (Å²) in [7, 11) is 0. The molecule has 0 fully saturated rings. The van der Waals surface area contributed by atoms with E-state index in [2.05, 4.69) is 21.7 Å². The van der Waals surface area contributed by atoms with Crippen molar-refractivity contribution < 1.29 is 15.7 Å². The number of rotatable bonds is 0. The van der Waals surface area contributed by atoms with Gasteiger partial charge in [0.1, 0.15) is 0 Å². The SMILES string of the molecule is C#C[CH2][Co]. The van der Waals surface area contributed by atoms with Crippen molar-refractivity contribution in [1.82, 2.24) is 0 Å². The first kappa shape index (κ1) is 4.07. The summed E-state index contributed by atoms with van der Waals surface area (Å²) in [6.07, 6.45) is 4.70. The van der Waals surface area contributed by atoms with Crippen molar-refractivity contribution in [2.24, 2.45) is 0 Å². The van der Waals surface area contributed by atoms with Gasteiger partial charge in [0.2, 0.25) is 0 Å². The number of hydrogen-bond acceptors (Lipinski definition) is 0. The monoisotopic (exact) mass is 98.0 g/mol. The zero-order valence-electron chi connectivity index (χ0n) is 2.12. The van der Waals surface area contributed by atoms with Crippen molar-refractivity contribution in [2.45, 2.75) is 5.36 Å². The van der Waals surface area contributed by atoms with E-state index in [-0.39, 0.29) is 0 Å². The number of hydrogen-bond donors (Lipinski definition) is 0. The molecule has 0 unspecified atom stereocenters. The van der Waals surface area contributed by atoms with Crippen LogP contribution in [-0.4, -0.2) is 0 Å². The summed E-state index contributed by atoms with van der Waals surface area (Å²) in [6.45, 7) is 0. The van der Waals surface area contributed by atoms with E-state index in [4.69, 9.17) is 6.42 Å². The van der Waals surface area contributed by atoms with Crippen LogP contribution in [0.5, 0.6) is 0 Å². The molecule has 0 aliphatic heterocycles. The molecule has 0 radical (unpaired) electrons. The molecular weight excluding hydrogens is 95.0 g/mol. The van der Waals surface area contributed by atoms with Gasteiger partial charge in [-0.15, -0.1) is 0 Å². The molecule has 0 saturated heterocycles. The Hall–Kier alpha value is 0.0665. The van der Waals surface area contributed by atoms with Gasteiger partial charge in [0.25, 0.3) is 0 Å². The van der Waals surface area contributed by atoms with Crippen LogP contribution < -0.4 is 0 Å². The van der Waals surface area contributed by atoms with Crippen LogP contribution in [0.1, 0.15) is 0 Å². The third-order valence-electron chi connectivity index (χ3n) is 0.0680. The summed E-state index contributed by atoms with van der Waals surface area (Å²) < 4.78 is 0. The molecule has 0 aromatic heterocycles. The fourth-order valence-electron chi connectivity index (χ4n) is 0. The average molecular weight is 98.0 g/mol. The first-order valence-electron chi connectivity index (χ1n) is 0.878. The predicted molar refractivity (Wildman–Crippen MR) is 13.6 cm³/mol. The van der Waals surface area contributed by atoms with Gasteiger partial charge in [-0.25, -0.2) is 0 Å². The van der Waals surface area contributed by atoms with Gasteiger partial charge in [-0.2, -0.15) is 0 Å². The van der Waals surface area contributed by atoms with Gasteiger partial charge >= 0.3 is 33.4 Å². The van der Waals surface area contributed by atoms with E-state index in [0.717, 1.165) is 0 Å². The van der Waals surface area contributed by atoms with Crippen molar-refractivity contribution in [1.29, 1.82) is 0 Å². The van der Waals surface area contributed by atoms with Crippen molar-refractivity contribution in [3.63, 3.8) is 0 Å². The predicted octanol–water partition coefficient (Wildman–Crippen LogP) is 0.585. The summed E-state index contributed by atoms with van der Waals surface area (Å²) in [4.78, 5) is 0. The Kier molecular flexibility index (Phi) is 3.12. The molecule has 0 amide bonds. The summed E-state index contributed by atoms with van der Waals surface area (Å²) >= 11 is 3.72. The average Bonchev–Trinajstić information content (AvgIpc) is 1.37. The van der Waals surface area contributed by atoms with Crippen LogP contribution in [0, 0.1) is 12.3 Å². The molecule has 0 aromatic carbocycles. The molecule has 0 saturated carbocycles. The first-order chi connectivity index (χ1) is 1.91. The Labute approximate surface area is 34.2 Å². The molecule has 0 spiro atoms. The summed E-state index contributed by atoms with van der Waals surface area (Å²) in [5.74, 6) is 2.29. The summed E-state index contributed by atoms with van der Waals surface area (Å²) in [6, 6.07) is 0. The molecule has 0 aromatic rings. The molecular formula is C3H3Co. The van der Waals surface area contributed by atoms with E-state index >= 15 is 0 Å². The summed E-state index contributed by atoms with van der Waals surface area (Å²) in [5.41, 5.74) is 0. The van der Waals surface area contributed by atoms with Crippen LogP contribution in [0.4, 0.5) is 0 Å². The van der Waals surface area contributed by atoms with Gasteiger partial charge in [-0.1, -0.05) is 0 Å². The molecule has 0 atom stereocenters. The van der Waals surface area contributed by atoms with E-state index in [1.54, 1.807) is 0 Å². The zero-order valence-corrected chi connectivity index (χ0v) is 3.16. The molecule has 0 nitrogen and oxygen atoms in total. The van der Waals surface area contributed by atoms with Crippen LogP contribution in [-0.2, 0) is 15.7 Å². The Morgan fingerprint density at radius 2 is 2.25 bits per heavy atom. The van der Waals surface area contributed by atoms with Crippen molar-refractivity contribution in [2.75, 3.05) is 0 Å². The van der Waals surface area contributed by atoms with E-state index in [1.165, 1.54) is 0 Å². The fraction of sp³-hybridized carbons (Fsp3) is 0.333. The Morgan fingerprint density at radius 1 is 2.00 bits per heavy atom. The van der Waals surface area contributed by atoms with Crippen LogP contribution in [0.15, 0.2) is 0 Å². The van der Waals surface area contributed by atoms with Gasteiger partial charge in [-0.05, 0) is 0 Å². The van der Waals surface area contributed by atoms with Crippen LogP contribution >= 0.6 is 0 Å². The molecule has 0 bridgehead atoms. The molecule has 24 valence electrons. The fourth-order valence-corrected chi connectivity index (χ4v) is 0. The topological polar surface area (TPSA) is 0 Å². The molecule has 0 aliphatic carbocycles. The Bertz CT molecular complexity index is 33.0. The first-order valence-corrected chi connectivity index (χ1v) is 1.61. The zero-order chi connectivity index (χ0) is 3.41. The normalized spacial score (nSPS) is 5.25. The third kappa shape index (κ3) is 2.07. The Morgan fingerprint density at radius 3 is 2.25 bits per heavy atom. The van der Waals surface area contributed by atoms with Crippen molar-refractivity contribution in [3.05, 3.63) is 0 Å².